The molecule has 0 amide bonds. The van der Waals surface area contributed by atoms with E-state index in [0.29, 0.717) is 0 Å². The molecule has 1 rings (SSSR count). The Morgan fingerprint density at radius 3 is 3.21 bits per heavy atom. The van der Waals surface area contributed by atoms with Crippen LogP contribution in [0, 0.1) is 12.5 Å². The summed E-state index contributed by atoms with van der Waals surface area (Å²) in [5.41, 5.74) is 1.15. The summed E-state index contributed by atoms with van der Waals surface area (Å²) in [6.45, 7) is 2.90. The van der Waals surface area contributed by atoms with Crippen LogP contribution in [0.1, 0.15) is 19.8 Å². The number of nitrogens with one attached hydrogen (secondary N) is 1. The second-order valence-corrected chi connectivity index (χ2v) is 3.01. The molecule has 0 fully saturated rings. The highest BCUT2D eigenvalue weighted by atomic mass is 15.3. The molecule has 3 heteroatoms. The summed E-state index contributed by atoms with van der Waals surface area (Å²) in [6, 6.07) is 4.31. The Morgan fingerprint density at radius 2 is 2.57 bits per heavy atom. The van der Waals surface area contributed by atoms with E-state index in [0.717, 1.165) is 25.1 Å². The van der Waals surface area contributed by atoms with E-state index in [2.05, 4.69) is 22.5 Å². The number of hydrogen-bond donors (Lipinski definition) is 1. The van der Waals surface area contributed by atoms with Gasteiger partial charge in [0.15, 0.2) is 0 Å². The second-order valence-electron chi connectivity index (χ2n) is 3.01. The van der Waals surface area contributed by atoms with Crippen LogP contribution in [0.2, 0.25) is 0 Å². The Hall–Kier alpha value is -1.69. The minimum atomic E-state index is 0.861. The maximum absolute atomic E-state index is 5.06. The fourth-order valence-corrected chi connectivity index (χ4v) is 1.14. The van der Waals surface area contributed by atoms with Gasteiger partial charge in [-0.15, -0.1) is 0 Å². The Bertz CT molecular complexity index is 317. The molecule has 3 nitrogen and oxygen atoms in total. The van der Waals surface area contributed by atoms with E-state index in [9.17, 15) is 0 Å². The molecule has 0 spiro atoms. The predicted molar refractivity (Wildman–Crippen MR) is 58.2 cm³/mol. The minimum Gasteiger partial charge on any atom is -0.346 e. The highest BCUT2D eigenvalue weighted by Crippen LogP contribution is 2.03. The molecule has 74 valence electrons. The molecule has 1 aromatic heterocycles. The maximum Gasteiger partial charge on any atom is 0.0493 e. The van der Waals surface area contributed by atoms with E-state index in [-0.39, 0.29) is 0 Å². The number of unbranched alkanes of at least 4 members (excludes halogenated alkanes) is 1. The van der Waals surface area contributed by atoms with Crippen molar-refractivity contribution in [2.24, 2.45) is 0 Å². The van der Waals surface area contributed by atoms with Gasteiger partial charge in [-0.25, -0.2) is 4.68 Å². The summed E-state index contributed by atoms with van der Waals surface area (Å²) >= 11 is 0. The van der Waals surface area contributed by atoms with Crippen LogP contribution >= 0.6 is 0 Å². The number of rotatable bonds is 5. The summed E-state index contributed by atoms with van der Waals surface area (Å²) in [6.07, 6.45) is 13.0. The lowest BCUT2D eigenvalue weighted by Gasteiger charge is -2.00. The van der Waals surface area contributed by atoms with Crippen LogP contribution in [0.3, 0.4) is 0 Å². The minimum absolute atomic E-state index is 0.861. The van der Waals surface area contributed by atoms with Gasteiger partial charge >= 0.3 is 0 Å². The van der Waals surface area contributed by atoms with Gasteiger partial charge in [0.2, 0.25) is 0 Å². The van der Waals surface area contributed by atoms with E-state index in [4.69, 9.17) is 6.42 Å². The van der Waals surface area contributed by atoms with E-state index < -0.39 is 0 Å². The van der Waals surface area contributed by atoms with Crippen LogP contribution in [-0.4, -0.2) is 16.3 Å². The van der Waals surface area contributed by atoms with Crippen molar-refractivity contribution in [2.45, 2.75) is 19.8 Å². The van der Waals surface area contributed by atoms with Gasteiger partial charge in [-0.3, -0.25) is 0 Å². The van der Waals surface area contributed by atoms with Gasteiger partial charge in [-0.05, 0) is 25.8 Å². The van der Waals surface area contributed by atoms with Crippen LogP contribution in [0.4, 0.5) is 0 Å². The number of hydrogen-bond acceptors (Lipinski definition) is 2. The molecule has 1 heterocycles. The van der Waals surface area contributed by atoms with Crippen LogP contribution < -0.4 is 5.32 Å². The monoisotopic (exact) mass is 189 g/mol. The first-order chi connectivity index (χ1) is 6.84. The normalized spacial score (nSPS) is 11.0. The largest absolute Gasteiger partial charge is 0.346 e. The summed E-state index contributed by atoms with van der Waals surface area (Å²) < 4.78 is 1.86. The Morgan fingerprint density at radius 1 is 1.71 bits per heavy atom. The summed E-state index contributed by atoms with van der Waals surface area (Å²) in [5.74, 6) is 0. The maximum atomic E-state index is 5.06. The average molecular weight is 189 g/mol. The zero-order valence-electron chi connectivity index (χ0n) is 8.40. The molecule has 0 aliphatic carbocycles. The Balaban J connectivity index is 2.28. The third-order valence-corrected chi connectivity index (χ3v) is 1.91. The smallest absolute Gasteiger partial charge is 0.0493 e. The topological polar surface area (TPSA) is 29.9 Å². The van der Waals surface area contributed by atoms with Gasteiger partial charge in [-0.2, -0.15) is 5.10 Å². The molecule has 0 bridgehead atoms. The lowest BCUT2D eigenvalue weighted by Crippen LogP contribution is -2.06. The van der Waals surface area contributed by atoms with Crippen molar-refractivity contribution in [1.29, 1.82) is 0 Å². The molecule has 0 saturated carbocycles. The van der Waals surface area contributed by atoms with Gasteiger partial charge < -0.3 is 5.32 Å². The molecular weight excluding hydrogens is 174 g/mol. The van der Waals surface area contributed by atoms with Crippen LogP contribution in [0.5, 0.6) is 0 Å². The molecular formula is C11H15N3. The SMILES string of the molecule is C#CNCCC/C=C(\C)n1cccn1. The lowest BCUT2D eigenvalue weighted by atomic mass is 10.2. The predicted octanol–water partition coefficient (Wildman–Crippen LogP) is 1.70. The lowest BCUT2D eigenvalue weighted by molar-refractivity contribution is 0.775. The summed E-state index contributed by atoms with van der Waals surface area (Å²) in [4.78, 5) is 0. The van der Waals surface area contributed by atoms with E-state index >= 15 is 0 Å². The highest BCUT2D eigenvalue weighted by molar-refractivity contribution is 5.39. The molecule has 0 atom stereocenters. The standard InChI is InChI=1S/C11H15N3/c1-3-12-8-5-4-7-11(2)14-10-6-9-13-14/h1,6-7,9-10,12H,4-5,8H2,2H3/b11-7+. The van der Waals surface area contributed by atoms with E-state index in [1.54, 1.807) is 6.20 Å². The summed E-state index contributed by atoms with van der Waals surface area (Å²) in [5, 5.41) is 6.96. The number of nitrogens with zero attached hydrogens (tertiary/aromatic N) is 2. The third kappa shape index (κ3) is 3.36. The molecule has 0 aliphatic heterocycles. The van der Waals surface area contributed by atoms with Gasteiger partial charge in [0.25, 0.3) is 0 Å². The van der Waals surface area contributed by atoms with Crippen LogP contribution in [-0.2, 0) is 0 Å². The van der Waals surface area contributed by atoms with Crippen LogP contribution in [0.15, 0.2) is 24.5 Å². The first-order valence-electron chi connectivity index (χ1n) is 4.70. The fraction of sp³-hybridized carbons (Fsp3) is 0.364. The van der Waals surface area contributed by atoms with Crippen molar-refractivity contribution >= 4 is 5.70 Å². The molecule has 1 N–H and O–H groups in total. The van der Waals surface area contributed by atoms with Crippen molar-refractivity contribution < 1.29 is 0 Å². The zero-order chi connectivity index (χ0) is 10.2. The van der Waals surface area contributed by atoms with Gasteiger partial charge in [0.05, 0.1) is 0 Å². The van der Waals surface area contributed by atoms with E-state index in [1.165, 1.54) is 0 Å². The number of allylic oxidation sites excluding steroid dienone is 2. The van der Waals surface area contributed by atoms with Crippen molar-refractivity contribution in [3.05, 3.63) is 24.5 Å². The zero-order valence-corrected chi connectivity index (χ0v) is 8.40. The van der Waals surface area contributed by atoms with Gasteiger partial charge in [0, 0.05) is 30.7 Å². The van der Waals surface area contributed by atoms with Crippen molar-refractivity contribution in [1.82, 2.24) is 15.1 Å². The molecule has 0 aromatic carbocycles. The molecule has 1 aromatic rings. The molecule has 14 heavy (non-hydrogen) atoms. The third-order valence-electron chi connectivity index (χ3n) is 1.91. The molecule has 0 saturated heterocycles. The highest BCUT2D eigenvalue weighted by Gasteiger charge is 1.91. The number of terminal acetylenes is 1. The Labute approximate surface area is 84.8 Å². The number of aromatic nitrogens is 2. The van der Waals surface area contributed by atoms with E-state index in [1.807, 2.05) is 23.9 Å². The van der Waals surface area contributed by atoms with Gasteiger partial charge in [0.1, 0.15) is 0 Å². The second kappa shape index (κ2) is 5.87. The summed E-state index contributed by atoms with van der Waals surface area (Å²) in [7, 11) is 0. The van der Waals surface area contributed by atoms with Crippen molar-refractivity contribution in [3.63, 3.8) is 0 Å². The molecule has 0 unspecified atom stereocenters. The van der Waals surface area contributed by atoms with Crippen molar-refractivity contribution in [3.8, 4) is 12.5 Å². The quantitative estimate of drug-likeness (QED) is 0.434. The average Bonchev–Trinajstić information content (AvgIpc) is 2.70. The Kier molecular flexibility index (Phi) is 4.36. The first kappa shape index (κ1) is 10.4. The van der Waals surface area contributed by atoms with Crippen molar-refractivity contribution in [2.75, 3.05) is 6.54 Å². The first-order valence-corrected chi connectivity index (χ1v) is 4.70. The van der Waals surface area contributed by atoms with Crippen LogP contribution in [0.25, 0.3) is 5.70 Å². The van der Waals surface area contributed by atoms with Gasteiger partial charge in [-0.1, -0.05) is 12.5 Å². The molecule has 0 aliphatic rings. The molecule has 0 radical (unpaired) electrons. The fourth-order valence-electron chi connectivity index (χ4n) is 1.14.